The number of aryl methyl sites for hydroxylation is 2. The van der Waals surface area contributed by atoms with Gasteiger partial charge >= 0.3 is 0 Å². The van der Waals surface area contributed by atoms with Crippen molar-refractivity contribution >= 4 is 22.6 Å². The number of H-pyrrole nitrogens is 1. The monoisotopic (exact) mass is 396 g/mol. The molecule has 142 valence electrons. The van der Waals surface area contributed by atoms with Crippen LogP contribution >= 0.6 is 11.6 Å². The lowest BCUT2D eigenvalue weighted by atomic mass is 10.0. The zero-order valence-corrected chi connectivity index (χ0v) is 16.0. The quantitative estimate of drug-likeness (QED) is 0.486. The summed E-state index contributed by atoms with van der Waals surface area (Å²) >= 11 is 6.03. The zero-order valence-electron chi connectivity index (χ0n) is 15.2. The van der Waals surface area contributed by atoms with Gasteiger partial charge in [0.25, 0.3) is 0 Å². The highest BCUT2D eigenvalue weighted by Gasteiger charge is 2.11. The van der Waals surface area contributed by atoms with Crippen molar-refractivity contribution in [3.63, 3.8) is 0 Å². The molecule has 0 aromatic carbocycles. The van der Waals surface area contributed by atoms with Gasteiger partial charge in [-0.1, -0.05) is 23.7 Å². The van der Waals surface area contributed by atoms with Crippen LogP contribution in [-0.2, 0) is 19.3 Å². The molecule has 0 aliphatic heterocycles. The molecule has 7 heteroatoms. The first-order valence-electron chi connectivity index (χ1n) is 8.87. The Morgan fingerprint density at radius 1 is 1.07 bits per heavy atom. The maximum absolute atomic E-state index is 14.6. The Morgan fingerprint density at radius 3 is 2.71 bits per heavy atom. The van der Waals surface area contributed by atoms with Gasteiger partial charge in [-0.15, -0.1) is 0 Å². The smallest absolute Gasteiger partial charge is 0.216 e. The van der Waals surface area contributed by atoms with Crippen molar-refractivity contribution in [1.29, 1.82) is 0 Å². The van der Waals surface area contributed by atoms with Crippen LogP contribution in [0.1, 0.15) is 22.4 Å². The van der Waals surface area contributed by atoms with Gasteiger partial charge in [0.1, 0.15) is 5.65 Å². The second-order valence-corrected chi connectivity index (χ2v) is 6.94. The maximum atomic E-state index is 14.6. The third kappa shape index (κ3) is 3.97. The highest BCUT2D eigenvalue weighted by atomic mass is 35.5. The number of aromatic amines is 1. The standard InChI is InChI=1S/C21H18ClFN4O/c1-28-19-7-3-13(10-24-19)2-5-17-6-4-14(20(23)27-17)8-15-11-25-21-18(15)9-16(22)12-26-21/h3-4,6-7,9-12H,2,5,8H2,1H3,(H,25,26). The van der Waals surface area contributed by atoms with Gasteiger partial charge in [0.05, 0.1) is 12.1 Å². The summed E-state index contributed by atoms with van der Waals surface area (Å²) < 4.78 is 19.6. The molecule has 0 unspecified atom stereocenters. The van der Waals surface area contributed by atoms with Crippen LogP contribution in [0.3, 0.4) is 0 Å². The van der Waals surface area contributed by atoms with Crippen LogP contribution in [0.2, 0.25) is 5.02 Å². The van der Waals surface area contributed by atoms with Gasteiger partial charge in [-0.05, 0) is 36.1 Å². The Hall–Kier alpha value is -2.99. The first kappa shape index (κ1) is 18.4. The fourth-order valence-electron chi connectivity index (χ4n) is 3.11. The third-order valence-electron chi connectivity index (χ3n) is 4.62. The fraction of sp³-hybridized carbons (Fsp3) is 0.190. The predicted molar refractivity (Wildman–Crippen MR) is 106 cm³/mol. The van der Waals surface area contributed by atoms with E-state index in [4.69, 9.17) is 16.3 Å². The van der Waals surface area contributed by atoms with Gasteiger partial charge in [0.2, 0.25) is 11.8 Å². The molecule has 0 atom stereocenters. The predicted octanol–water partition coefficient (Wildman–Crippen LogP) is 4.53. The maximum Gasteiger partial charge on any atom is 0.216 e. The summed E-state index contributed by atoms with van der Waals surface area (Å²) in [5.74, 6) is 0.126. The van der Waals surface area contributed by atoms with E-state index in [0.717, 1.165) is 28.6 Å². The number of aromatic nitrogens is 4. The number of nitrogens with one attached hydrogen (secondary N) is 1. The molecular weight excluding hydrogens is 379 g/mol. The van der Waals surface area contributed by atoms with E-state index in [1.807, 2.05) is 30.5 Å². The summed E-state index contributed by atoms with van der Waals surface area (Å²) in [7, 11) is 1.58. The van der Waals surface area contributed by atoms with Crippen molar-refractivity contribution in [3.8, 4) is 5.88 Å². The highest BCUT2D eigenvalue weighted by Crippen LogP contribution is 2.23. The van der Waals surface area contributed by atoms with Crippen LogP contribution in [0.5, 0.6) is 5.88 Å². The molecule has 4 rings (SSSR count). The molecule has 1 N–H and O–H groups in total. The molecule has 0 aliphatic rings. The van der Waals surface area contributed by atoms with Gasteiger partial charge in [-0.3, -0.25) is 0 Å². The molecule has 4 aromatic rings. The third-order valence-corrected chi connectivity index (χ3v) is 4.83. The number of nitrogens with zero attached hydrogens (tertiary/aromatic N) is 3. The number of fused-ring (bicyclic) bond motifs is 1. The summed E-state index contributed by atoms with van der Waals surface area (Å²) in [6.45, 7) is 0. The van der Waals surface area contributed by atoms with E-state index in [0.29, 0.717) is 35.0 Å². The summed E-state index contributed by atoms with van der Waals surface area (Å²) in [5.41, 5.74) is 3.96. The van der Waals surface area contributed by atoms with Crippen molar-refractivity contribution in [3.05, 3.63) is 82.3 Å². The van der Waals surface area contributed by atoms with Crippen LogP contribution in [0.15, 0.2) is 48.9 Å². The van der Waals surface area contributed by atoms with Crippen molar-refractivity contribution in [2.75, 3.05) is 7.11 Å². The minimum atomic E-state index is -0.449. The first-order chi connectivity index (χ1) is 13.6. The number of hydrogen-bond acceptors (Lipinski definition) is 4. The second-order valence-electron chi connectivity index (χ2n) is 6.50. The lowest BCUT2D eigenvalue weighted by molar-refractivity contribution is 0.397. The molecule has 0 bridgehead atoms. The van der Waals surface area contributed by atoms with E-state index in [1.165, 1.54) is 0 Å². The van der Waals surface area contributed by atoms with Gasteiger partial charge in [0.15, 0.2) is 0 Å². The molecular formula is C21H18ClFN4O. The Balaban J connectivity index is 1.47. The van der Waals surface area contributed by atoms with Gasteiger partial charge in [0, 0.05) is 47.7 Å². The lowest BCUT2D eigenvalue weighted by Crippen LogP contribution is -2.01. The van der Waals surface area contributed by atoms with E-state index >= 15 is 0 Å². The average Bonchev–Trinajstić information content (AvgIpc) is 3.10. The number of rotatable bonds is 6. The summed E-state index contributed by atoms with van der Waals surface area (Å²) in [6, 6.07) is 9.26. The SMILES string of the molecule is COc1ccc(CCc2ccc(Cc3c[nH]c4ncc(Cl)cc34)c(F)n2)cn1. The molecule has 0 amide bonds. The Kier molecular flexibility index (Phi) is 5.21. The minimum Gasteiger partial charge on any atom is -0.481 e. The largest absolute Gasteiger partial charge is 0.481 e. The molecule has 28 heavy (non-hydrogen) atoms. The van der Waals surface area contributed by atoms with Gasteiger partial charge in [-0.2, -0.15) is 4.39 Å². The van der Waals surface area contributed by atoms with Crippen LogP contribution in [0.4, 0.5) is 4.39 Å². The molecule has 5 nitrogen and oxygen atoms in total. The lowest BCUT2D eigenvalue weighted by Gasteiger charge is -2.06. The number of halogens is 2. The van der Waals surface area contributed by atoms with Crippen LogP contribution in [0, 0.1) is 5.95 Å². The fourth-order valence-corrected chi connectivity index (χ4v) is 3.27. The summed E-state index contributed by atoms with van der Waals surface area (Å²) in [5, 5.41) is 1.44. The summed E-state index contributed by atoms with van der Waals surface area (Å²) in [4.78, 5) is 15.6. The molecule has 0 saturated heterocycles. The van der Waals surface area contributed by atoms with Crippen molar-refractivity contribution < 1.29 is 9.13 Å². The first-order valence-corrected chi connectivity index (χ1v) is 9.25. The molecule has 4 aromatic heterocycles. The van der Waals surface area contributed by atoms with Gasteiger partial charge in [-0.25, -0.2) is 15.0 Å². The molecule has 0 radical (unpaired) electrons. The average molecular weight is 397 g/mol. The molecule has 0 fully saturated rings. The normalized spacial score (nSPS) is 11.1. The van der Waals surface area contributed by atoms with Crippen LogP contribution in [-0.4, -0.2) is 27.0 Å². The molecule has 4 heterocycles. The molecule has 0 spiro atoms. The minimum absolute atomic E-state index is 0.420. The molecule has 0 aliphatic carbocycles. The van der Waals surface area contributed by atoms with Crippen LogP contribution < -0.4 is 4.74 Å². The van der Waals surface area contributed by atoms with E-state index in [9.17, 15) is 4.39 Å². The number of pyridine rings is 3. The second kappa shape index (κ2) is 7.94. The number of ether oxygens (including phenoxy) is 1. The zero-order chi connectivity index (χ0) is 19.5. The van der Waals surface area contributed by atoms with E-state index in [-0.39, 0.29) is 0 Å². The topological polar surface area (TPSA) is 63.7 Å². The Labute approximate surface area is 166 Å². The van der Waals surface area contributed by atoms with Crippen molar-refractivity contribution in [1.82, 2.24) is 19.9 Å². The van der Waals surface area contributed by atoms with Crippen molar-refractivity contribution in [2.45, 2.75) is 19.3 Å². The van der Waals surface area contributed by atoms with E-state index in [2.05, 4.69) is 19.9 Å². The Bertz CT molecular complexity index is 1110. The number of methoxy groups -OCH3 is 1. The van der Waals surface area contributed by atoms with Crippen LogP contribution in [0.25, 0.3) is 11.0 Å². The Morgan fingerprint density at radius 2 is 1.96 bits per heavy atom. The van der Waals surface area contributed by atoms with Crippen molar-refractivity contribution in [2.24, 2.45) is 0 Å². The van der Waals surface area contributed by atoms with E-state index in [1.54, 1.807) is 25.6 Å². The van der Waals surface area contributed by atoms with Gasteiger partial charge < -0.3 is 9.72 Å². The summed E-state index contributed by atoms with van der Waals surface area (Å²) in [6.07, 6.45) is 6.97. The highest BCUT2D eigenvalue weighted by molar-refractivity contribution is 6.31. The number of hydrogen-bond donors (Lipinski definition) is 1. The van der Waals surface area contributed by atoms with E-state index < -0.39 is 5.95 Å². The molecule has 0 saturated carbocycles.